The second-order valence-corrected chi connectivity index (χ2v) is 5.59. The van der Waals surface area contributed by atoms with Crippen molar-refractivity contribution in [2.24, 2.45) is 0 Å². The summed E-state index contributed by atoms with van der Waals surface area (Å²) < 4.78 is 38.9. The molecule has 0 aliphatic heterocycles. The van der Waals surface area contributed by atoms with Gasteiger partial charge in [0, 0.05) is 6.54 Å². The molecule has 1 aromatic heterocycles. The molecule has 0 radical (unpaired) electrons. The van der Waals surface area contributed by atoms with Gasteiger partial charge in [0.1, 0.15) is 5.82 Å². The first kappa shape index (κ1) is 13.4. The molecule has 0 fully saturated rings. The Morgan fingerprint density at radius 3 is 2.42 bits per heavy atom. The van der Waals surface area contributed by atoms with E-state index in [4.69, 9.17) is 5.73 Å². The second kappa shape index (κ2) is 5.33. The normalized spacial score (nSPS) is 11.4. The highest BCUT2D eigenvalue weighted by molar-refractivity contribution is 7.89. The number of rotatable bonds is 4. The van der Waals surface area contributed by atoms with Crippen molar-refractivity contribution in [3.05, 3.63) is 54.0 Å². The van der Waals surface area contributed by atoms with Crippen LogP contribution in [0, 0.1) is 5.82 Å². The number of halogens is 1. The predicted octanol–water partition coefficient (Wildman–Crippen LogP) is 1.28. The number of pyridine rings is 1. The molecule has 0 spiro atoms. The zero-order valence-corrected chi connectivity index (χ0v) is 10.7. The summed E-state index contributed by atoms with van der Waals surface area (Å²) in [6.45, 7) is 0.0642. The van der Waals surface area contributed by atoms with E-state index in [1.807, 2.05) is 0 Å². The van der Waals surface area contributed by atoms with E-state index in [-0.39, 0.29) is 17.4 Å². The van der Waals surface area contributed by atoms with Crippen LogP contribution in [0.15, 0.2) is 47.6 Å². The number of nitrogens with zero attached hydrogens (tertiary/aromatic N) is 1. The third-order valence-electron chi connectivity index (χ3n) is 2.41. The molecular formula is C12H12FN3O2S. The highest BCUT2D eigenvalue weighted by atomic mass is 32.2. The summed E-state index contributed by atoms with van der Waals surface area (Å²) >= 11 is 0. The van der Waals surface area contributed by atoms with E-state index in [1.165, 1.54) is 42.6 Å². The number of sulfonamides is 1. The third kappa shape index (κ3) is 3.49. The fourth-order valence-electron chi connectivity index (χ4n) is 1.41. The fourth-order valence-corrected chi connectivity index (χ4v) is 2.35. The SMILES string of the molecule is Nc1ccc(S(=O)(=O)NCc2ccc(F)cc2)nc1. The Hall–Kier alpha value is -1.99. The van der Waals surface area contributed by atoms with Crippen molar-refractivity contribution in [2.75, 3.05) is 5.73 Å². The largest absolute Gasteiger partial charge is 0.397 e. The Balaban J connectivity index is 2.09. The number of anilines is 1. The lowest BCUT2D eigenvalue weighted by Crippen LogP contribution is -2.24. The van der Waals surface area contributed by atoms with E-state index in [2.05, 4.69) is 9.71 Å². The molecule has 0 amide bonds. The van der Waals surface area contributed by atoms with Crippen LogP contribution in [0.1, 0.15) is 5.56 Å². The van der Waals surface area contributed by atoms with Crippen LogP contribution in [0.25, 0.3) is 0 Å². The summed E-state index contributed by atoms with van der Waals surface area (Å²) in [6.07, 6.45) is 1.27. The van der Waals surface area contributed by atoms with Gasteiger partial charge in [-0.1, -0.05) is 12.1 Å². The quantitative estimate of drug-likeness (QED) is 0.884. The van der Waals surface area contributed by atoms with Gasteiger partial charge in [0.15, 0.2) is 5.03 Å². The van der Waals surface area contributed by atoms with Crippen LogP contribution in [-0.4, -0.2) is 13.4 Å². The van der Waals surface area contributed by atoms with Crippen LogP contribution in [0.5, 0.6) is 0 Å². The third-order valence-corrected chi connectivity index (χ3v) is 3.73. The Kier molecular flexibility index (Phi) is 3.77. The van der Waals surface area contributed by atoms with Crippen molar-refractivity contribution in [3.8, 4) is 0 Å². The second-order valence-electron chi connectivity index (χ2n) is 3.88. The minimum absolute atomic E-state index is 0.0642. The molecule has 0 aliphatic carbocycles. The van der Waals surface area contributed by atoms with Crippen molar-refractivity contribution in [2.45, 2.75) is 11.6 Å². The first-order chi connectivity index (χ1) is 8.97. The Bertz CT molecular complexity index is 654. The van der Waals surface area contributed by atoms with Crippen LogP contribution in [0.4, 0.5) is 10.1 Å². The Morgan fingerprint density at radius 1 is 1.16 bits per heavy atom. The summed E-state index contributed by atoms with van der Waals surface area (Å²) in [5.74, 6) is -0.369. The predicted molar refractivity (Wildman–Crippen MR) is 69.1 cm³/mol. The number of hydrogen-bond acceptors (Lipinski definition) is 4. The molecule has 3 N–H and O–H groups in total. The lowest BCUT2D eigenvalue weighted by atomic mass is 10.2. The monoisotopic (exact) mass is 281 g/mol. The molecule has 1 aromatic carbocycles. The minimum atomic E-state index is -3.70. The molecule has 0 saturated heterocycles. The van der Waals surface area contributed by atoms with Crippen molar-refractivity contribution in [1.82, 2.24) is 9.71 Å². The molecule has 19 heavy (non-hydrogen) atoms. The van der Waals surface area contributed by atoms with Gasteiger partial charge >= 0.3 is 0 Å². The van der Waals surface area contributed by atoms with Crippen molar-refractivity contribution in [3.63, 3.8) is 0 Å². The van der Waals surface area contributed by atoms with Gasteiger partial charge < -0.3 is 5.73 Å². The maximum absolute atomic E-state index is 12.7. The van der Waals surface area contributed by atoms with Crippen molar-refractivity contribution < 1.29 is 12.8 Å². The molecule has 0 unspecified atom stereocenters. The zero-order chi connectivity index (χ0) is 13.9. The number of aromatic nitrogens is 1. The van der Waals surface area contributed by atoms with Crippen LogP contribution in [-0.2, 0) is 16.6 Å². The van der Waals surface area contributed by atoms with Gasteiger partial charge in [-0.15, -0.1) is 0 Å². The standard InChI is InChI=1S/C12H12FN3O2S/c13-10-3-1-9(2-4-10)7-16-19(17,18)12-6-5-11(14)8-15-12/h1-6,8,16H,7,14H2. The molecule has 0 bridgehead atoms. The van der Waals surface area contributed by atoms with E-state index >= 15 is 0 Å². The van der Waals surface area contributed by atoms with Crippen LogP contribution in [0.2, 0.25) is 0 Å². The van der Waals surface area contributed by atoms with Crippen molar-refractivity contribution in [1.29, 1.82) is 0 Å². The fraction of sp³-hybridized carbons (Fsp3) is 0.0833. The topological polar surface area (TPSA) is 85.1 Å². The maximum atomic E-state index is 12.7. The molecule has 7 heteroatoms. The smallest absolute Gasteiger partial charge is 0.258 e. The molecule has 2 rings (SSSR count). The van der Waals surface area contributed by atoms with Gasteiger partial charge in [-0.05, 0) is 29.8 Å². The molecule has 2 aromatic rings. The number of benzene rings is 1. The van der Waals surface area contributed by atoms with Gasteiger partial charge in [0.05, 0.1) is 11.9 Å². The lowest BCUT2D eigenvalue weighted by Gasteiger charge is -2.06. The average molecular weight is 281 g/mol. The first-order valence-corrected chi connectivity index (χ1v) is 6.91. The van der Waals surface area contributed by atoms with E-state index in [0.29, 0.717) is 11.3 Å². The lowest BCUT2D eigenvalue weighted by molar-refractivity contribution is 0.577. The van der Waals surface area contributed by atoms with E-state index < -0.39 is 10.0 Å². The van der Waals surface area contributed by atoms with E-state index in [9.17, 15) is 12.8 Å². The van der Waals surface area contributed by atoms with Gasteiger partial charge in [-0.3, -0.25) is 0 Å². The average Bonchev–Trinajstić information content (AvgIpc) is 2.39. The summed E-state index contributed by atoms with van der Waals surface area (Å²) in [5, 5.41) is -0.108. The summed E-state index contributed by atoms with van der Waals surface area (Å²) in [4.78, 5) is 3.74. The molecule has 0 saturated carbocycles. The summed E-state index contributed by atoms with van der Waals surface area (Å²) in [7, 11) is -3.70. The summed E-state index contributed by atoms with van der Waals surface area (Å²) in [6, 6.07) is 8.33. The number of nitrogens with one attached hydrogen (secondary N) is 1. The van der Waals surface area contributed by atoms with Crippen LogP contribution in [0.3, 0.4) is 0 Å². The van der Waals surface area contributed by atoms with Gasteiger partial charge in [0.2, 0.25) is 0 Å². The number of nitrogens with two attached hydrogens (primary N) is 1. The van der Waals surface area contributed by atoms with Crippen LogP contribution < -0.4 is 10.5 Å². The van der Waals surface area contributed by atoms with E-state index in [0.717, 1.165) is 0 Å². The Labute approximate surface area is 110 Å². The van der Waals surface area contributed by atoms with E-state index in [1.54, 1.807) is 0 Å². The highest BCUT2D eigenvalue weighted by Gasteiger charge is 2.14. The minimum Gasteiger partial charge on any atom is -0.397 e. The number of nitrogen functional groups attached to an aromatic ring is 1. The van der Waals surface area contributed by atoms with Crippen LogP contribution >= 0.6 is 0 Å². The molecule has 5 nitrogen and oxygen atoms in total. The first-order valence-electron chi connectivity index (χ1n) is 5.43. The summed E-state index contributed by atoms with van der Waals surface area (Å²) in [5.41, 5.74) is 6.48. The maximum Gasteiger partial charge on any atom is 0.258 e. The zero-order valence-electron chi connectivity index (χ0n) is 9.88. The molecular weight excluding hydrogens is 269 g/mol. The van der Waals surface area contributed by atoms with Gasteiger partial charge in [0.25, 0.3) is 10.0 Å². The highest BCUT2D eigenvalue weighted by Crippen LogP contribution is 2.09. The molecule has 0 atom stereocenters. The molecule has 1 heterocycles. The Morgan fingerprint density at radius 2 is 1.84 bits per heavy atom. The van der Waals surface area contributed by atoms with Crippen molar-refractivity contribution >= 4 is 15.7 Å². The molecule has 100 valence electrons. The molecule has 0 aliphatic rings. The van der Waals surface area contributed by atoms with Gasteiger partial charge in [-0.25, -0.2) is 22.5 Å². The van der Waals surface area contributed by atoms with Gasteiger partial charge in [-0.2, -0.15) is 0 Å². The number of hydrogen-bond donors (Lipinski definition) is 2.